The van der Waals surface area contributed by atoms with E-state index in [0.29, 0.717) is 48.5 Å². The summed E-state index contributed by atoms with van der Waals surface area (Å²) in [6.07, 6.45) is 13.4. The zero-order chi connectivity index (χ0) is 30.7. The Morgan fingerprint density at radius 1 is 0.705 bits per heavy atom. The summed E-state index contributed by atoms with van der Waals surface area (Å²) in [5, 5.41) is 0. The summed E-state index contributed by atoms with van der Waals surface area (Å²) in [4.78, 5) is 48.7. The molecule has 9 nitrogen and oxygen atoms in total. The molecule has 2 heterocycles. The molecule has 0 unspecified atom stereocenters. The average molecular weight is 596 g/mol. The van der Waals surface area contributed by atoms with Crippen molar-refractivity contribution in [2.24, 2.45) is 0 Å². The predicted molar refractivity (Wildman–Crippen MR) is 172 cm³/mol. The SMILES string of the molecule is CCCN(CCC)[C@H]1CC[C@H](N(Cc2ccc(C(=O)N(Cc3ncc[nH]3)Cc3ncc[nH]3)cc2)C(=O)c2ccccc2)CC1. The number of amides is 2. The molecule has 1 aliphatic rings. The van der Waals surface area contributed by atoms with Crippen LogP contribution in [0.5, 0.6) is 0 Å². The fourth-order valence-corrected chi connectivity index (χ4v) is 6.36. The predicted octanol–water partition coefficient (Wildman–Crippen LogP) is 6.05. The van der Waals surface area contributed by atoms with Crippen LogP contribution in [0.2, 0.25) is 0 Å². The first-order valence-corrected chi connectivity index (χ1v) is 16.0. The molecular formula is C35H45N7O2. The van der Waals surface area contributed by atoms with E-state index in [9.17, 15) is 9.59 Å². The van der Waals surface area contributed by atoms with Gasteiger partial charge in [-0.2, -0.15) is 0 Å². The number of nitrogens with zero attached hydrogens (tertiary/aromatic N) is 5. The molecule has 0 aliphatic heterocycles. The van der Waals surface area contributed by atoms with Gasteiger partial charge in [0.15, 0.2) is 0 Å². The standard InChI is InChI=1S/C35H45N7O2/c1-3-22-40(23-4-2)30-14-16-31(17-15-30)42(35(44)28-8-6-5-7-9-28)24-27-10-12-29(13-11-27)34(43)41(25-32-36-18-19-37-32)26-33-38-20-21-39-33/h5-13,18-21,30-31H,3-4,14-17,22-26H2,1-2H3,(H,36,37)(H,38,39)/t30-,31-. The molecule has 0 bridgehead atoms. The van der Waals surface area contributed by atoms with Gasteiger partial charge in [-0.1, -0.05) is 44.2 Å². The molecule has 2 N–H and O–H groups in total. The summed E-state index contributed by atoms with van der Waals surface area (Å²) >= 11 is 0. The van der Waals surface area contributed by atoms with E-state index in [1.165, 1.54) is 12.8 Å². The Balaban J connectivity index is 1.30. The number of aromatic amines is 2. The molecule has 2 amide bonds. The van der Waals surface area contributed by atoms with Crippen molar-refractivity contribution in [3.63, 3.8) is 0 Å². The van der Waals surface area contributed by atoms with Crippen LogP contribution in [0.25, 0.3) is 0 Å². The molecule has 1 saturated carbocycles. The molecule has 9 heteroatoms. The van der Waals surface area contributed by atoms with Crippen LogP contribution in [-0.2, 0) is 19.6 Å². The number of imidazole rings is 2. The number of hydrogen-bond donors (Lipinski definition) is 2. The second-order valence-corrected chi connectivity index (χ2v) is 11.7. The van der Waals surface area contributed by atoms with Crippen LogP contribution in [0.15, 0.2) is 79.4 Å². The lowest BCUT2D eigenvalue weighted by atomic mass is 9.88. The molecule has 0 radical (unpaired) electrons. The van der Waals surface area contributed by atoms with Crippen molar-refractivity contribution in [3.05, 3.63) is 108 Å². The highest BCUT2D eigenvalue weighted by Crippen LogP contribution is 2.29. The van der Waals surface area contributed by atoms with Crippen molar-refractivity contribution in [3.8, 4) is 0 Å². The van der Waals surface area contributed by atoms with Crippen molar-refractivity contribution >= 4 is 11.8 Å². The largest absolute Gasteiger partial charge is 0.347 e. The summed E-state index contributed by atoms with van der Waals surface area (Å²) in [7, 11) is 0. The average Bonchev–Trinajstić information content (AvgIpc) is 3.78. The van der Waals surface area contributed by atoms with Crippen molar-refractivity contribution < 1.29 is 9.59 Å². The molecule has 232 valence electrons. The van der Waals surface area contributed by atoms with Gasteiger partial charge in [-0.15, -0.1) is 0 Å². The molecule has 4 aromatic rings. The maximum atomic E-state index is 13.9. The van der Waals surface area contributed by atoms with Gasteiger partial charge in [0.05, 0.1) is 13.1 Å². The van der Waals surface area contributed by atoms with Crippen molar-refractivity contribution in [1.82, 2.24) is 34.6 Å². The van der Waals surface area contributed by atoms with Crippen LogP contribution >= 0.6 is 0 Å². The molecule has 0 saturated heterocycles. The summed E-state index contributed by atoms with van der Waals surface area (Å²) in [5.41, 5.74) is 2.31. The van der Waals surface area contributed by atoms with E-state index in [1.807, 2.05) is 54.6 Å². The summed E-state index contributed by atoms with van der Waals surface area (Å²) < 4.78 is 0. The maximum absolute atomic E-state index is 13.9. The minimum absolute atomic E-state index is 0.0660. The third-order valence-corrected chi connectivity index (χ3v) is 8.56. The quantitative estimate of drug-likeness (QED) is 0.185. The van der Waals surface area contributed by atoms with Gasteiger partial charge in [-0.25, -0.2) is 9.97 Å². The lowest BCUT2D eigenvalue weighted by Gasteiger charge is -2.41. The number of carbonyl (C=O) groups excluding carboxylic acids is 2. The van der Waals surface area contributed by atoms with Gasteiger partial charge in [0.25, 0.3) is 11.8 Å². The number of aromatic nitrogens is 4. The van der Waals surface area contributed by atoms with E-state index in [1.54, 1.807) is 29.7 Å². The molecule has 2 aromatic heterocycles. The number of benzene rings is 2. The lowest BCUT2D eigenvalue weighted by Crippen LogP contribution is -2.46. The van der Waals surface area contributed by atoms with Crippen LogP contribution in [0, 0.1) is 0 Å². The van der Waals surface area contributed by atoms with Crippen molar-refractivity contribution in [1.29, 1.82) is 0 Å². The Bertz CT molecular complexity index is 1370. The zero-order valence-corrected chi connectivity index (χ0v) is 26.0. The third-order valence-electron chi connectivity index (χ3n) is 8.56. The van der Waals surface area contributed by atoms with Gasteiger partial charge >= 0.3 is 0 Å². The molecule has 0 spiro atoms. The van der Waals surface area contributed by atoms with Gasteiger partial charge in [0.1, 0.15) is 11.6 Å². The number of rotatable bonds is 14. The maximum Gasteiger partial charge on any atom is 0.254 e. The van der Waals surface area contributed by atoms with Gasteiger partial charge in [-0.05, 0) is 81.4 Å². The summed E-state index contributed by atoms with van der Waals surface area (Å²) in [5.74, 6) is 1.37. The van der Waals surface area contributed by atoms with Crippen LogP contribution in [0.1, 0.15) is 90.3 Å². The van der Waals surface area contributed by atoms with Crippen LogP contribution < -0.4 is 0 Å². The number of nitrogens with one attached hydrogen (secondary N) is 2. The van der Waals surface area contributed by atoms with E-state index in [2.05, 4.69) is 43.6 Å². The smallest absolute Gasteiger partial charge is 0.254 e. The normalized spacial score (nSPS) is 16.6. The Morgan fingerprint density at radius 3 is 1.77 bits per heavy atom. The first-order chi connectivity index (χ1) is 21.6. The monoisotopic (exact) mass is 595 g/mol. The Morgan fingerprint density at radius 2 is 1.25 bits per heavy atom. The first kappa shape index (κ1) is 31.2. The molecule has 44 heavy (non-hydrogen) atoms. The van der Waals surface area contributed by atoms with Crippen molar-refractivity contribution in [2.45, 2.75) is 84.1 Å². The highest BCUT2D eigenvalue weighted by atomic mass is 16.2. The van der Waals surface area contributed by atoms with Gasteiger partial charge in [-0.3, -0.25) is 9.59 Å². The zero-order valence-electron chi connectivity index (χ0n) is 26.0. The van der Waals surface area contributed by atoms with E-state index in [0.717, 1.165) is 44.3 Å². The van der Waals surface area contributed by atoms with E-state index in [4.69, 9.17) is 0 Å². The van der Waals surface area contributed by atoms with Crippen LogP contribution in [0.3, 0.4) is 0 Å². The molecule has 2 aromatic carbocycles. The van der Waals surface area contributed by atoms with E-state index in [-0.39, 0.29) is 17.9 Å². The third kappa shape index (κ3) is 8.02. The van der Waals surface area contributed by atoms with Crippen LogP contribution in [0.4, 0.5) is 0 Å². The molecular weight excluding hydrogens is 550 g/mol. The first-order valence-electron chi connectivity index (χ1n) is 16.0. The lowest BCUT2D eigenvalue weighted by molar-refractivity contribution is 0.0536. The second-order valence-electron chi connectivity index (χ2n) is 11.7. The second kappa shape index (κ2) is 15.5. The topological polar surface area (TPSA) is 101 Å². The summed E-state index contributed by atoms with van der Waals surface area (Å²) in [6.45, 7) is 7.97. The van der Waals surface area contributed by atoms with Gasteiger partial charge < -0.3 is 24.7 Å². The molecule has 1 aliphatic carbocycles. The molecule has 1 fully saturated rings. The highest BCUT2D eigenvalue weighted by Gasteiger charge is 2.31. The van der Waals surface area contributed by atoms with E-state index >= 15 is 0 Å². The summed E-state index contributed by atoms with van der Waals surface area (Å²) in [6, 6.07) is 18.1. The minimum atomic E-state index is -0.108. The number of H-pyrrole nitrogens is 2. The van der Waals surface area contributed by atoms with Gasteiger partial charge in [0.2, 0.25) is 0 Å². The molecule has 5 rings (SSSR count). The number of hydrogen-bond acceptors (Lipinski definition) is 5. The minimum Gasteiger partial charge on any atom is -0.347 e. The Hall–Kier alpha value is -4.24. The van der Waals surface area contributed by atoms with Crippen LogP contribution in [-0.4, -0.2) is 71.6 Å². The fraction of sp³-hybridized carbons (Fsp3) is 0.429. The Kier molecular flexibility index (Phi) is 11.0. The number of carbonyl (C=O) groups is 2. The molecule has 0 atom stereocenters. The van der Waals surface area contributed by atoms with Gasteiger partial charge in [0, 0.05) is 54.5 Å². The van der Waals surface area contributed by atoms with E-state index < -0.39 is 0 Å². The highest BCUT2D eigenvalue weighted by molar-refractivity contribution is 5.95. The fourth-order valence-electron chi connectivity index (χ4n) is 6.36. The van der Waals surface area contributed by atoms with Crippen molar-refractivity contribution in [2.75, 3.05) is 13.1 Å². The Labute approximate surface area is 260 Å².